The molecular weight excluding hydrogens is 276 g/mol. The van der Waals surface area contributed by atoms with Gasteiger partial charge in [-0.2, -0.15) is 4.36 Å². The summed E-state index contributed by atoms with van der Waals surface area (Å²) < 4.78 is 4.36. The minimum absolute atomic E-state index is 0.0427. The van der Waals surface area contributed by atoms with Crippen LogP contribution in [0.25, 0.3) is 0 Å². The number of rotatable bonds is 2. The zero-order valence-corrected chi connectivity index (χ0v) is 12.7. The van der Waals surface area contributed by atoms with E-state index in [0.29, 0.717) is 5.69 Å². The highest BCUT2D eigenvalue weighted by Crippen LogP contribution is 2.46. The minimum Gasteiger partial charge on any atom is -0.298 e. The zero-order valence-electron chi connectivity index (χ0n) is 11.8. The molecule has 0 aromatic heterocycles. The van der Waals surface area contributed by atoms with Crippen LogP contribution < -0.4 is 0 Å². The number of hydrogen-bond donors (Lipinski definition) is 0. The van der Waals surface area contributed by atoms with Gasteiger partial charge in [0.2, 0.25) is 0 Å². The first-order valence-electron chi connectivity index (χ1n) is 6.22. The molecule has 1 aliphatic rings. The Labute approximate surface area is 120 Å². The second-order valence-corrected chi connectivity index (χ2v) is 6.64. The molecular formula is C14H16N2O3S. The van der Waals surface area contributed by atoms with E-state index in [0.717, 1.165) is 4.86 Å². The second-order valence-electron chi connectivity index (χ2n) is 5.86. The maximum absolute atomic E-state index is 12.0. The quantitative estimate of drug-likeness (QED) is 0.477. The normalized spacial score (nSPS) is 19.2. The van der Waals surface area contributed by atoms with E-state index >= 15 is 0 Å². The molecule has 106 valence electrons. The molecule has 1 aliphatic carbocycles. The maximum Gasteiger partial charge on any atom is 0.269 e. The molecule has 0 saturated heterocycles. The van der Waals surface area contributed by atoms with Crippen LogP contribution in [0.3, 0.4) is 0 Å². The summed E-state index contributed by atoms with van der Waals surface area (Å²) in [5.41, 5.74) is -0.225. The Morgan fingerprint density at radius 2 is 1.60 bits per heavy atom. The van der Waals surface area contributed by atoms with Crippen molar-refractivity contribution in [2.75, 3.05) is 0 Å². The number of carbonyl (C=O) groups is 1. The molecule has 1 saturated carbocycles. The summed E-state index contributed by atoms with van der Waals surface area (Å²) in [6.07, 6.45) is 0. The van der Waals surface area contributed by atoms with E-state index in [9.17, 15) is 14.9 Å². The molecule has 0 spiro atoms. The Morgan fingerprint density at radius 1 is 1.10 bits per heavy atom. The average Bonchev–Trinajstić information content (AvgIpc) is 2.38. The van der Waals surface area contributed by atoms with Crippen molar-refractivity contribution < 1.29 is 9.72 Å². The summed E-state index contributed by atoms with van der Waals surface area (Å²) in [6.45, 7) is 7.59. The number of carbonyl (C=O) groups excluding carboxylic acids is 1. The molecule has 1 aromatic rings. The molecule has 1 fully saturated rings. The van der Waals surface area contributed by atoms with Gasteiger partial charge in [0.05, 0.1) is 21.4 Å². The summed E-state index contributed by atoms with van der Waals surface area (Å²) in [7, 11) is 0. The molecule has 2 rings (SSSR count). The lowest BCUT2D eigenvalue weighted by molar-refractivity contribution is -0.384. The van der Waals surface area contributed by atoms with Crippen molar-refractivity contribution in [3.8, 4) is 0 Å². The van der Waals surface area contributed by atoms with Crippen molar-refractivity contribution >= 4 is 33.2 Å². The van der Waals surface area contributed by atoms with Gasteiger partial charge in [0.1, 0.15) is 0 Å². The Morgan fingerprint density at radius 3 is 2.05 bits per heavy atom. The molecule has 0 radical (unpaired) electrons. The van der Waals surface area contributed by atoms with Gasteiger partial charge in [-0.15, -0.1) is 0 Å². The Balaban J connectivity index is 2.35. The number of benzene rings is 1. The molecule has 0 aliphatic heterocycles. The largest absolute Gasteiger partial charge is 0.298 e. The molecule has 0 N–H and O–H groups in total. The van der Waals surface area contributed by atoms with Gasteiger partial charge < -0.3 is 0 Å². The highest BCUT2D eigenvalue weighted by molar-refractivity contribution is 7.69. The lowest BCUT2D eigenvalue weighted by atomic mass is 9.55. The lowest BCUT2D eigenvalue weighted by Crippen LogP contribution is -2.61. The number of nitrogens with zero attached hydrogens (tertiary/aromatic N) is 2. The van der Waals surface area contributed by atoms with E-state index in [1.165, 1.54) is 23.3 Å². The van der Waals surface area contributed by atoms with Crippen molar-refractivity contribution in [1.29, 1.82) is 0 Å². The van der Waals surface area contributed by atoms with E-state index in [1.54, 1.807) is 12.1 Å². The van der Waals surface area contributed by atoms with Crippen LogP contribution in [0.15, 0.2) is 28.6 Å². The molecule has 20 heavy (non-hydrogen) atoms. The molecule has 6 heteroatoms. The molecule has 0 amide bonds. The van der Waals surface area contributed by atoms with Crippen molar-refractivity contribution in [3.63, 3.8) is 0 Å². The molecule has 5 nitrogen and oxygen atoms in total. The fourth-order valence-electron chi connectivity index (χ4n) is 2.67. The van der Waals surface area contributed by atoms with E-state index in [1.807, 2.05) is 27.7 Å². The van der Waals surface area contributed by atoms with Crippen LogP contribution in [0.5, 0.6) is 0 Å². The van der Waals surface area contributed by atoms with Crippen LogP contribution in [-0.2, 0) is 15.9 Å². The Bertz CT molecular complexity index is 634. The van der Waals surface area contributed by atoms with Gasteiger partial charge in [-0.05, 0) is 51.0 Å². The third kappa shape index (κ3) is 2.20. The van der Waals surface area contributed by atoms with Gasteiger partial charge in [-0.3, -0.25) is 14.9 Å². The number of Topliss-reactive ketones (excluding diaryl/α,β-unsaturated/α-hetero) is 1. The van der Waals surface area contributed by atoms with Gasteiger partial charge in [0.15, 0.2) is 5.78 Å². The Hall–Kier alpha value is -1.82. The number of non-ortho nitro benzene ring substituents is 1. The predicted molar refractivity (Wildman–Crippen MR) is 80.1 cm³/mol. The highest BCUT2D eigenvalue weighted by atomic mass is 32.1. The third-order valence-electron chi connectivity index (χ3n) is 3.57. The summed E-state index contributed by atoms with van der Waals surface area (Å²) in [5.74, 6) is 0.214. The Kier molecular flexibility index (Phi) is 3.37. The van der Waals surface area contributed by atoms with Crippen LogP contribution in [0, 0.1) is 20.9 Å². The molecule has 0 atom stereocenters. The molecule has 0 unspecified atom stereocenters. The fourth-order valence-corrected chi connectivity index (χ4v) is 3.63. The predicted octanol–water partition coefficient (Wildman–Crippen LogP) is 3.30. The fraction of sp³-hybridized carbons (Fsp3) is 0.429. The highest BCUT2D eigenvalue weighted by Gasteiger charge is 2.57. The summed E-state index contributed by atoms with van der Waals surface area (Å²) >= 11 is 1.30. The van der Waals surface area contributed by atoms with Gasteiger partial charge in [-0.1, -0.05) is 0 Å². The molecule has 1 aromatic carbocycles. The van der Waals surface area contributed by atoms with Crippen LogP contribution in [-0.4, -0.2) is 15.6 Å². The number of hydrogen-bond acceptors (Lipinski definition) is 4. The smallest absolute Gasteiger partial charge is 0.269 e. The van der Waals surface area contributed by atoms with Crippen molar-refractivity contribution in [3.05, 3.63) is 34.4 Å². The number of nitro groups is 1. The van der Waals surface area contributed by atoms with E-state index in [2.05, 4.69) is 4.36 Å². The van der Waals surface area contributed by atoms with E-state index < -0.39 is 15.8 Å². The zero-order chi connectivity index (χ0) is 15.1. The maximum atomic E-state index is 12.0. The third-order valence-corrected chi connectivity index (χ3v) is 5.08. The molecule has 0 bridgehead atoms. The van der Waals surface area contributed by atoms with Gasteiger partial charge in [0.25, 0.3) is 5.69 Å². The van der Waals surface area contributed by atoms with Crippen molar-refractivity contribution in [2.24, 2.45) is 15.2 Å². The van der Waals surface area contributed by atoms with Crippen LogP contribution in [0.4, 0.5) is 11.4 Å². The SMILES string of the molecule is CC1(C)C(=O)C(C)(C)C1=S=Nc1ccc([N+](=O)[O-])cc1. The van der Waals surface area contributed by atoms with Crippen LogP contribution >= 0.6 is 0 Å². The first-order chi connectivity index (χ1) is 9.17. The van der Waals surface area contributed by atoms with E-state index in [4.69, 9.17) is 0 Å². The summed E-state index contributed by atoms with van der Waals surface area (Å²) in [5, 5.41) is 10.6. The first kappa shape index (κ1) is 14.6. The average molecular weight is 292 g/mol. The minimum atomic E-state index is -0.460. The monoisotopic (exact) mass is 292 g/mol. The number of nitro benzene ring substituents is 1. The van der Waals surface area contributed by atoms with Crippen molar-refractivity contribution in [1.82, 2.24) is 0 Å². The standard InChI is InChI=1S/C14H16N2O3S/c1-13(2)11(17)14(3,4)12(13)20-15-9-5-7-10(8-6-9)16(18)19/h5-8H,1-4H3. The van der Waals surface area contributed by atoms with Gasteiger partial charge in [0, 0.05) is 17.0 Å². The van der Waals surface area contributed by atoms with Crippen LogP contribution in [0.1, 0.15) is 27.7 Å². The van der Waals surface area contributed by atoms with E-state index in [-0.39, 0.29) is 11.5 Å². The van der Waals surface area contributed by atoms with Crippen LogP contribution in [0.2, 0.25) is 0 Å². The second kappa shape index (κ2) is 4.63. The first-order valence-corrected chi connectivity index (χ1v) is 7.00. The molecule has 0 heterocycles. The number of ketones is 1. The topological polar surface area (TPSA) is 72.6 Å². The van der Waals surface area contributed by atoms with Gasteiger partial charge in [-0.25, -0.2) is 0 Å². The van der Waals surface area contributed by atoms with Gasteiger partial charge >= 0.3 is 0 Å². The van der Waals surface area contributed by atoms with Crippen molar-refractivity contribution in [2.45, 2.75) is 27.7 Å². The summed E-state index contributed by atoms with van der Waals surface area (Å²) in [4.78, 5) is 23.1. The summed E-state index contributed by atoms with van der Waals surface area (Å²) in [6, 6.07) is 6.05. The lowest BCUT2D eigenvalue weighted by Gasteiger charge is -2.48.